The van der Waals surface area contributed by atoms with Crippen LogP contribution in [0.3, 0.4) is 0 Å². The fourth-order valence-electron chi connectivity index (χ4n) is 3.14. The molecule has 4 rings (SSSR count). The lowest BCUT2D eigenvalue weighted by Crippen LogP contribution is -2.28. The van der Waals surface area contributed by atoms with Gasteiger partial charge in [-0.3, -0.25) is 9.69 Å². The number of hydrogen-bond acceptors (Lipinski definition) is 5. The van der Waals surface area contributed by atoms with E-state index in [-0.39, 0.29) is 5.91 Å². The van der Waals surface area contributed by atoms with Crippen LogP contribution < -0.4 is 4.74 Å². The first-order valence-corrected chi connectivity index (χ1v) is 9.88. The van der Waals surface area contributed by atoms with Gasteiger partial charge in [-0.05, 0) is 28.5 Å². The average Bonchev–Trinajstić information content (AvgIpc) is 3.08. The Kier molecular flexibility index (Phi) is 5.39. The first-order valence-electron chi connectivity index (χ1n) is 8.90. The van der Waals surface area contributed by atoms with E-state index in [1.54, 1.807) is 18.2 Å². The van der Waals surface area contributed by atoms with E-state index in [0.717, 1.165) is 27.6 Å². The summed E-state index contributed by atoms with van der Waals surface area (Å²) in [6.07, 6.45) is 1.64. The molecule has 0 unspecified atom stereocenters. The molecular formula is C22H19N3O2S. The number of carbonyl (C=O) groups is 1. The third-order valence-corrected chi connectivity index (χ3v) is 5.50. The first kappa shape index (κ1) is 18.3. The van der Waals surface area contributed by atoms with E-state index in [9.17, 15) is 4.79 Å². The Bertz CT molecular complexity index is 1070. The number of nitrogens with zero attached hydrogens (tertiary/aromatic N) is 3. The summed E-state index contributed by atoms with van der Waals surface area (Å²) in [7, 11) is 1.62. The van der Waals surface area contributed by atoms with Gasteiger partial charge < -0.3 is 4.74 Å². The van der Waals surface area contributed by atoms with Crippen LogP contribution in [-0.4, -0.2) is 35.1 Å². The molecule has 1 saturated heterocycles. The highest BCUT2D eigenvalue weighted by Crippen LogP contribution is 2.26. The maximum Gasteiger partial charge on any atom is 0.239 e. The van der Waals surface area contributed by atoms with Gasteiger partial charge in [0.1, 0.15) is 5.75 Å². The van der Waals surface area contributed by atoms with Crippen molar-refractivity contribution in [1.29, 1.82) is 0 Å². The lowest BCUT2D eigenvalue weighted by atomic mass is 10.0. The van der Waals surface area contributed by atoms with Crippen molar-refractivity contribution in [1.82, 2.24) is 4.90 Å². The van der Waals surface area contributed by atoms with Gasteiger partial charge in [0.05, 0.1) is 25.6 Å². The average molecular weight is 389 g/mol. The summed E-state index contributed by atoms with van der Waals surface area (Å²) in [6, 6.07) is 21.9. The zero-order valence-corrected chi connectivity index (χ0v) is 16.2. The van der Waals surface area contributed by atoms with Crippen LogP contribution in [-0.2, 0) is 11.3 Å². The summed E-state index contributed by atoms with van der Waals surface area (Å²) in [5.41, 5.74) is 1.93. The van der Waals surface area contributed by atoms with Gasteiger partial charge in [0.25, 0.3) is 0 Å². The topological polar surface area (TPSA) is 54.3 Å². The minimum absolute atomic E-state index is 0.0455. The minimum Gasteiger partial charge on any atom is -0.496 e. The number of benzene rings is 3. The summed E-state index contributed by atoms with van der Waals surface area (Å²) in [4.78, 5) is 14.1. The highest BCUT2D eigenvalue weighted by Gasteiger charge is 2.28. The van der Waals surface area contributed by atoms with E-state index >= 15 is 0 Å². The minimum atomic E-state index is 0.0455. The molecule has 3 aromatic carbocycles. The van der Waals surface area contributed by atoms with E-state index < -0.39 is 0 Å². The molecule has 0 saturated carbocycles. The van der Waals surface area contributed by atoms with Crippen LogP contribution in [0.15, 0.2) is 76.9 Å². The fourth-order valence-corrected chi connectivity index (χ4v) is 3.98. The Labute approximate surface area is 167 Å². The molecule has 1 fully saturated rings. The summed E-state index contributed by atoms with van der Waals surface area (Å²) >= 11 is 1.41. The largest absolute Gasteiger partial charge is 0.496 e. The van der Waals surface area contributed by atoms with Crippen molar-refractivity contribution in [3.05, 3.63) is 77.9 Å². The maximum atomic E-state index is 12.4. The van der Waals surface area contributed by atoms with E-state index in [2.05, 4.69) is 28.4 Å². The zero-order valence-electron chi connectivity index (χ0n) is 15.4. The molecule has 1 amide bonds. The third-order valence-electron chi connectivity index (χ3n) is 4.54. The number of thioether (sulfide) groups is 1. The zero-order chi connectivity index (χ0) is 19.3. The fraction of sp³-hybridized carbons (Fsp3) is 0.136. The lowest BCUT2D eigenvalue weighted by molar-refractivity contribution is -0.124. The van der Waals surface area contributed by atoms with Gasteiger partial charge in [0.15, 0.2) is 5.17 Å². The number of hydrogen-bond donors (Lipinski definition) is 0. The third kappa shape index (κ3) is 3.77. The summed E-state index contributed by atoms with van der Waals surface area (Å²) in [6.45, 7) is 0.482. The molecule has 0 radical (unpaired) electrons. The SMILES string of the molecule is COc1ccccc1/C=N/N=C1\SCC(=O)N1Cc1cccc2ccccc12. The molecule has 0 bridgehead atoms. The molecule has 5 nitrogen and oxygen atoms in total. The molecular weight excluding hydrogens is 370 g/mol. The second-order valence-electron chi connectivity index (χ2n) is 6.28. The molecule has 1 aliphatic rings. The van der Waals surface area contributed by atoms with E-state index in [1.807, 2.05) is 48.5 Å². The van der Waals surface area contributed by atoms with Crippen LogP contribution in [0.1, 0.15) is 11.1 Å². The van der Waals surface area contributed by atoms with Crippen LogP contribution in [0.5, 0.6) is 5.75 Å². The van der Waals surface area contributed by atoms with Crippen molar-refractivity contribution in [3.63, 3.8) is 0 Å². The second kappa shape index (κ2) is 8.27. The van der Waals surface area contributed by atoms with Crippen molar-refractivity contribution in [2.45, 2.75) is 6.54 Å². The maximum absolute atomic E-state index is 12.4. The first-order chi connectivity index (χ1) is 13.8. The van der Waals surface area contributed by atoms with E-state index in [1.165, 1.54) is 11.8 Å². The standard InChI is InChI=1S/C22H19N3O2S/c1-27-20-12-5-3-8-17(20)13-23-24-22-25(21(26)15-28-22)14-18-10-6-9-16-7-2-4-11-19(16)18/h2-13H,14-15H2,1H3/b23-13+,24-22-. The predicted octanol–water partition coefficient (Wildman–Crippen LogP) is 4.31. The second-order valence-corrected chi connectivity index (χ2v) is 7.22. The Hall–Kier alpha value is -3.12. The lowest BCUT2D eigenvalue weighted by Gasteiger charge is -2.16. The number of methoxy groups -OCH3 is 1. The van der Waals surface area contributed by atoms with Gasteiger partial charge >= 0.3 is 0 Å². The Morgan fingerprint density at radius 2 is 1.86 bits per heavy atom. The molecule has 0 atom stereocenters. The number of rotatable bonds is 5. The summed E-state index contributed by atoms with van der Waals surface area (Å²) < 4.78 is 5.32. The number of amides is 1. The predicted molar refractivity (Wildman–Crippen MR) is 115 cm³/mol. The summed E-state index contributed by atoms with van der Waals surface area (Å²) in [5.74, 6) is 1.16. The molecule has 28 heavy (non-hydrogen) atoms. The van der Waals surface area contributed by atoms with Crippen molar-refractivity contribution in [2.75, 3.05) is 12.9 Å². The summed E-state index contributed by atoms with van der Waals surface area (Å²) in [5, 5.41) is 11.4. The van der Waals surface area contributed by atoms with Crippen LogP contribution in [0.2, 0.25) is 0 Å². The quantitative estimate of drug-likeness (QED) is 0.483. The van der Waals surface area contributed by atoms with Gasteiger partial charge in [-0.2, -0.15) is 5.10 Å². The van der Waals surface area contributed by atoms with Gasteiger partial charge in [-0.15, -0.1) is 5.10 Å². The number of fused-ring (bicyclic) bond motifs is 1. The van der Waals surface area contributed by atoms with Gasteiger partial charge in [-0.1, -0.05) is 66.4 Å². The van der Waals surface area contributed by atoms with Crippen LogP contribution in [0, 0.1) is 0 Å². The number of carbonyl (C=O) groups excluding carboxylic acids is 1. The highest BCUT2D eigenvalue weighted by molar-refractivity contribution is 8.15. The number of amidine groups is 1. The van der Waals surface area contributed by atoms with Gasteiger partial charge in [0.2, 0.25) is 5.91 Å². The Morgan fingerprint density at radius 3 is 2.75 bits per heavy atom. The molecule has 6 heteroatoms. The Balaban J connectivity index is 1.58. The van der Waals surface area contributed by atoms with Gasteiger partial charge in [-0.25, -0.2) is 0 Å². The van der Waals surface area contributed by atoms with Crippen molar-refractivity contribution in [2.24, 2.45) is 10.2 Å². The molecule has 0 aliphatic carbocycles. The van der Waals surface area contributed by atoms with Crippen LogP contribution >= 0.6 is 11.8 Å². The smallest absolute Gasteiger partial charge is 0.239 e. The van der Waals surface area contributed by atoms with Crippen LogP contribution in [0.25, 0.3) is 10.8 Å². The highest BCUT2D eigenvalue weighted by atomic mass is 32.2. The molecule has 0 aromatic heterocycles. The van der Waals surface area contributed by atoms with Crippen molar-refractivity contribution < 1.29 is 9.53 Å². The van der Waals surface area contributed by atoms with Crippen molar-refractivity contribution >= 4 is 39.8 Å². The molecule has 1 aliphatic heterocycles. The molecule has 1 heterocycles. The van der Waals surface area contributed by atoms with E-state index in [0.29, 0.717) is 17.5 Å². The number of para-hydroxylation sites is 1. The normalized spacial score (nSPS) is 15.8. The molecule has 0 spiro atoms. The number of ether oxygens (including phenoxy) is 1. The van der Waals surface area contributed by atoms with Gasteiger partial charge in [0, 0.05) is 5.56 Å². The molecule has 140 valence electrons. The van der Waals surface area contributed by atoms with Crippen molar-refractivity contribution in [3.8, 4) is 5.75 Å². The Morgan fingerprint density at radius 1 is 1.07 bits per heavy atom. The van der Waals surface area contributed by atoms with Crippen LogP contribution in [0.4, 0.5) is 0 Å². The molecule has 3 aromatic rings. The van der Waals surface area contributed by atoms with E-state index in [4.69, 9.17) is 4.74 Å². The monoisotopic (exact) mass is 389 g/mol. The molecule has 0 N–H and O–H groups in total.